The molecule has 0 spiro atoms. The number of hydrogen-bond donors (Lipinski definition) is 1. The number of nitrogens with zero attached hydrogens (tertiary/aromatic N) is 2. The molecule has 0 aromatic heterocycles. The van der Waals surface area contributed by atoms with E-state index in [-0.39, 0.29) is 6.61 Å². The minimum atomic E-state index is 0.228. The Morgan fingerprint density at radius 3 is 2.45 bits per heavy atom. The van der Waals surface area contributed by atoms with Crippen molar-refractivity contribution in [2.45, 2.75) is 13.5 Å². The fourth-order valence-corrected chi connectivity index (χ4v) is 3.05. The first-order chi connectivity index (χ1) is 10.7. The Morgan fingerprint density at radius 2 is 1.86 bits per heavy atom. The number of hydrogen-bond acceptors (Lipinski definition) is 5. The third-order valence-corrected chi connectivity index (χ3v) is 4.14. The maximum absolute atomic E-state index is 8.98. The predicted molar refractivity (Wildman–Crippen MR) is 88.0 cm³/mol. The van der Waals surface area contributed by atoms with E-state index in [4.69, 9.17) is 26.2 Å². The van der Waals surface area contributed by atoms with Gasteiger partial charge in [-0.25, -0.2) is 0 Å². The Hall–Kier alpha value is -1.01. The van der Waals surface area contributed by atoms with Crippen molar-refractivity contribution in [3.8, 4) is 11.5 Å². The lowest BCUT2D eigenvalue weighted by Gasteiger charge is -2.34. The van der Waals surface area contributed by atoms with Gasteiger partial charge in [0, 0.05) is 39.3 Å². The monoisotopic (exact) mass is 328 g/mol. The SMILES string of the molecule is CCOc1cc(CN2CCN(CCO)CC2)cc(Cl)c1OC. The van der Waals surface area contributed by atoms with E-state index >= 15 is 0 Å². The molecule has 1 fully saturated rings. The lowest BCUT2D eigenvalue weighted by Crippen LogP contribution is -2.46. The molecule has 0 atom stereocenters. The molecule has 0 radical (unpaired) electrons. The van der Waals surface area contributed by atoms with Crippen LogP contribution in [-0.2, 0) is 6.54 Å². The van der Waals surface area contributed by atoms with Gasteiger partial charge in [-0.3, -0.25) is 9.80 Å². The van der Waals surface area contributed by atoms with E-state index in [1.165, 1.54) is 0 Å². The number of aliphatic hydroxyl groups is 1. The zero-order valence-electron chi connectivity index (χ0n) is 13.3. The second-order valence-corrected chi connectivity index (χ2v) is 5.79. The van der Waals surface area contributed by atoms with E-state index in [2.05, 4.69) is 9.80 Å². The Labute approximate surface area is 137 Å². The van der Waals surface area contributed by atoms with Crippen LogP contribution in [0, 0.1) is 0 Å². The first kappa shape index (κ1) is 17.3. The number of piperazine rings is 1. The summed E-state index contributed by atoms with van der Waals surface area (Å²) in [7, 11) is 1.60. The van der Waals surface area contributed by atoms with Crippen LogP contribution in [0.15, 0.2) is 12.1 Å². The van der Waals surface area contributed by atoms with Crippen LogP contribution in [-0.4, -0.2) is 68.0 Å². The summed E-state index contributed by atoms with van der Waals surface area (Å²) in [6.45, 7) is 8.32. The fraction of sp³-hybridized carbons (Fsp3) is 0.625. The number of rotatable bonds is 7. The summed E-state index contributed by atoms with van der Waals surface area (Å²) in [5.41, 5.74) is 1.13. The number of aliphatic hydroxyl groups excluding tert-OH is 1. The molecule has 0 amide bonds. The van der Waals surface area contributed by atoms with Crippen LogP contribution in [0.5, 0.6) is 11.5 Å². The highest BCUT2D eigenvalue weighted by Gasteiger charge is 2.18. The van der Waals surface area contributed by atoms with Gasteiger partial charge in [0.2, 0.25) is 0 Å². The molecule has 5 nitrogen and oxygen atoms in total. The third kappa shape index (κ3) is 4.49. The van der Waals surface area contributed by atoms with Crippen molar-refractivity contribution in [1.29, 1.82) is 0 Å². The minimum absolute atomic E-state index is 0.228. The Kier molecular flexibility index (Phi) is 6.76. The number of β-amino-alcohol motifs (C(OH)–C–C–N with tert-alkyl or cyclic N) is 1. The van der Waals surface area contributed by atoms with Crippen LogP contribution >= 0.6 is 11.6 Å². The molecule has 0 unspecified atom stereocenters. The van der Waals surface area contributed by atoms with Crippen molar-refractivity contribution in [2.24, 2.45) is 0 Å². The van der Waals surface area contributed by atoms with E-state index in [0.29, 0.717) is 23.1 Å². The van der Waals surface area contributed by atoms with Crippen molar-refractivity contribution in [3.63, 3.8) is 0 Å². The van der Waals surface area contributed by atoms with Gasteiger partial charge in [-0.15, -0.1) is 0 Å². The summed E-state index contributed by atoms with van der Waals surface area (Å²) in [5.74, 6) is 1.30. The molecule has 1 aromatic carbocycles. The molecule has 1 saturated heterocycles. The second-order valence-electron chi connectivity index (χ2n) is 5.38. The van der Waals surface area contributed by atoms with Crippen LogP contribution in [0.1, 0.15) is 12.5 Å². The summed E-state index contributed by atoms with van der Waals surface area (Å²) in [6.07, 6.45) is 0. The Morgan fingerprint density at radius 1 is 1.18 bits per heavy atom. The molecule has 0 aliphatic carbocycles. The molecule has 1 aromatic rings. The highest BCUT2D eigenvalue weighted by atomic mass is 35.5. The third-order valence-electron chi connectivity index (χ3n) is 3.86. The second kappa shape index (κ2) is 8.58. The Bertz CT molecular complexity index is 477. The normalized spacial score (nSPS) is 16.7. The van der Waals surface area contributed by atoms with Gasteiger partial charge in [0.25, 0.3) is 0 Å². The van der Waals surface area contributed by atoms with Gasteiger partial charge in [0.15, 0.2) is 11.5 Å². The first-order valence-corrected chi connectivity index (χ1v) is 8.10. The molecule has 22 heavy (non-hydrogen) atoms. The molecular weight excluding hydrogens is 304 g/mol. The van der Waals surface area contributed by atoms with Crippen molar-refractivity contribution in [2.75, 3.05) is 53.0 Å². The van der Waals surface area contributed by atoms with Crippen LogP contribution in [0.4, 0.5) is 0 Å². The zero-order chi connectivity index (χ0) is 15.9. The van der Waals surface area contributed by atoms with Crippen molar-refractivity contribution in [3.05, 3.63) is 22.7 Å². The molecule has 0 saturated carbocycles. The van der Waals surface area contributed by atoms with Gasteiger partial charge >= 0.3 is 0 Å². The van der Waals surface area contributed by atoms with Gasteiger partial charge in [-0.1, -0.05) is 11.6 Å². The number of benzene rings is 1. The molecule has 124 valence electrons. The average molecular weight is 329 g/mol. The van der Waals surface area contributed by atoms with Crippen LogP contribution in [0.3, 0.4) is 0 Å². The quantitative estimate of drug-likeness (QED) is 0.827. The van der Waals surface area contributed by atoms with Gasteiger partial charge in [-0.05, 0) is 24.6 Å². The van der Waals surface area contributed by atoms with Crippen molar-refractivity contribution in [1.82, 2.24) is 9.80 Å². The lowest BCUT2D eigenvalue weighted by atomic mass is 10.1. The molecular formula is C16H25ClN2O3. The molecule has 6 heteroatoms. The highest BCUT2D eigenvalue weighted by Crippen LogP contribution is 2.36. The summed E-state index contributed by atoms with van der Waals surface area (Å²) >= 11 is 6.29. The zero-order valence-corrected chi connectivity index (χ0v) is 14.1. The van der Waals surface area contributed by atoms with Crippen LogP contribution in [0.25, 0.3) is 0 Å². The van der Waals surface area contributed by atoms with Crippen LogP contribution < -0.4 is 9.47 Å². The van der Waals surface area contributed by atoms with E-state index in [1.807, 2.05) is 19.1 Å². The van der Waals surface area contributed by atoms with Gasteiger partial charge in [-0.2, -0.15) is 0 Å². The summed E-state index contributed by atoms with van der Waals surface area (Å²) in [5, 5.41) is 9.57. The Balaban J connectivity index is 2.01. The lowest BCUT2D eigenvalue weighted by molar-refractivity contribution is 0.108. The number of methoxy groups -OCH3 is 1. The first-order valence-electron chi connectivity index (χ1n) is 7.72. The maximum atomic E-state index is 8.98. The standard InChI is InChI=1S/C16H25ClN2O3/c1-3-22-15-11-13(10-14(17)16(15)21-2)12-19-6-4-18(5-7-19)8-9-20/h10-11,20H,3-9,12H2,1-2H3. The van der Waals surface area contributed by atoms with E-state index in [0.717, 1.165) is 44.8 Å². The largest absolute Gasteiger partial charge is 0.491 e. The maximum Gasteiger partial charge on any atom is 0.179 e. The smallest absolute Gasteiger partial charge is 0.179 e. The van der Waals surface area contributed by atoms with Crippen molar-refractivity contribution < 1.29 is 14.6 Å². The number of ether oxygens (including phenoxy) is 2. The fourth-order valence-electron chi connectivity index (χ4n) is 2.74. The average Bonchev–Trinajstić information content (AvgIpc) is 2.50. The number of halogens is 1. The molecule has 1 aliphatic rings. The molecule has 1 N–H and O–H groups in total. The summed E-state index contributed by atoms with van der Waals surface area (Å²) in [4.78, 5) is 4.67. The van der Waals surface area contributed by atoms with Gasteiger partial charge in [0.05, 0.1) is 25.3 Å². The molecule has 1 heterocycles. The van der Waals surface area contributed by atoms with E-state index in [1.54, 1.807) is 7.11 Å². The van der Waals surface area contributed by atoms with E-state index in [9.17, 15) is 0 Å². The summed E-state index contributed by atoms with van der Waals surface area (Å²) < 4.78 is 10.9. The molecule has 1 aliphatic heterocycles. The summed E-state index contributed by atoms with van der Waals surface area (Å²) in [6, 6.07) is 3.96. The van der Waals surface area contributed by atoms with Gasteiger partial charge < -0.3 is 14.6 Å². The van der Waals surface area contributed by atoms with Crippen molar-refractivity contribution >= 4 is 11.6 Å². The van der Waals surface area contributed by atoms with Crippen LogP contribution in [0.2, 0.25) is 5.02 Å². The van der Waals surface area contributed by atoms with Gasteiger partial charge in [0.1, 0.15) is 0 Å². The topological polar surface area (TPSA) is 45.2 Å². The van der Waals surface area contributed by atoms with E-state index < -0.39 is 0 Å². The molecule has 0 bridgehead atoms. The minimum Gasteiger partial charge on any atom is -0.491 e. The predicted octanol–water partition coefficient (Wildman–Crippen LogP) is 1.86. The highest BCUT2D eigenvalue weighted by molar-refractivity contribution is 6.32. The molecule has 2 rings (SSSR count).